The van der Waals surface area contributed by atoms with E-state index < -0.39 is 72.1 Å². The number of aliphatic hydroxyl groups is 2. The van der Waals surface area contributed by atoms with Gasteiger partial charge in [0.1, 0.15) is 6.10 Å². The third-order valence-electron chi connectivity index (χ3n) is 5.29. The van der Waals surface area contributed by atoms with E-state index in [0.29, 0.717) is 13.8 Å². The third-order valence-corrected chi connectivity index (χ3v) is 5.29. The molecule has 1 aliphatic carbocycles. The lowest BCUT2D eigenvalue weighted by Crippen LogP contribution is -2.57. The van der Waals surface area contributed by atoms with Gasteiger partial charge in [-0.25, -0.2) is 0 Å². The minimum absolute atomic E-state index is 0.460. The first-order valence-electron chi connectivity index (χ1n) is 8.50. The van der Waals surface area contributed by atoms with E-state index in [-0.39, 0.29) is 0 Å². The predicted molar refractivity (Wildman–Crippen MR) is 83.5 cm³/mol. The van der Waals surface area contributed by atoms with Crippen molar-refractivity contribution in [3.05, 3.63) is 0 Å². The summed E-state index contributed by atoms with van der Waals surface area (Å²) in [6, 6.07) is 0. The van der Waals surface area contributed by atoms with Gasteiger partial charge in [-0.05, 0) is 53.9 Å². The number of alkyl halides is 6. The highest BCUT2D eigenvalue weighted by molar-refractivity contribution is 5.75. The molecule has 4 atom stereocenters. The molecule has 2 N–H and O–H groups in total. The minimum Gasteiger partial charge on any atom is -0.462 e. The lowest BCUT2D eigenvalue weighted by atomic mass is 9.67. The Bertz CT molecular complexity index is 511. The van der Waals surface area contributed by atoms with Gasteiger partial charge in [0.2, 0.25) is 0 Å². The van der Waals surface area contributed by atoms with E-state index in [2.05, 4.69) is 0 Å². The Kier molecular flexibility index (Phi) is 6.31. The quantitative estimate of drug-likeness (QED) is 0.548. The van der Waals surface area contributed by atoms with Crippen LogP contribution in [0, 0.1) is 17.3 Å². The van der Waals surface area contributed by atoms with Crippen LogP contribution in [0.4, 0.5) is 26.3 Å². The summed E-state index contributed by atoms with van der Waals surface area (Å²) in [5.41, 5.74) is -7.60. The van der Waals surface area contributed by atoms with Gasteiger partial charge in [-0.15, -0.1) is 0 Å². The maximum Gasteiger partial charge on any atom is 0.417 e. The van der Waals surface area contributed by atoms with E-state index >= 15 is 0 Å². The van der Waals surface area contributed by atoms with Crippen molar-refractivity contribution in [2.75, 3.05) is 0 Å². The molecular formula is C17H26F6O4. The topological polar surface area (TPSA) is 66.8 Å². The third kappa shape index (κ3) is 5.07. The molecule has 0 radical (unpaired) electrons. The standard InChI is InChI=1S/C17H26F6O4/c1-13(2,3)12(24)27-11-7-9(14(4,25)16(18,19)20)6-10(8-11)15(5,26)17(21,22)23/h9-11,25-26H,6-8H2,1-5H3. The lowest BCUT2D eigenvalue weighted by molar-refractivity contribution is -0.299. The van der Waals surface area contributed by atoms with Crippen LogP contribution in [0.2, 0.25) is 0 Å². The molecule has 1 fully saturated rings. The summed E-state index contributed by atoms with van der Waals surface area (Å²) in [5, 5.41) is 19.9. The number of hydrogen-bond acceptors (Lipinski definition) is 4. The Morgan fingerprint density at radius 1 is 0.778 bits per heavy atom. The highest BCUT2D eigenvalue weighted by atomic mass is 19.4. The van der Waals surface area contributed by atoms with Crippen molar-refractivity contribution in [1.29, 1.82) is 0 Å². The zero-order chi connectivity index (χ0) is 21.6. The summed E-state index contributed by atoms with van der Waals surface area (Å²) in [5.74, 6) is -4.14. The lowest BCUT2D eigenvalue weighted by Gasteiger charge is -2.46. The van der Waals surface area contributed by atoms with Gasteiger partial charge in [0.05, 0.1) is 5.41 Å². The zero-order valence-corrected chi connectivity index (χ0v) is 15.8. The van der Waals surface area contributed by atoms with Crippen molar-refractivity contribution in [2.24, 2.45) is 17.3 Å². The van der Waals surface area contributed by atoms with Crippen LogP contribution >= 0.6 is 0 Å². The zero-order valence-electron chi connectivity index (χ0n) is 15.8. The van der Waals surface area contributed by atoms with Crippen LogP contribution in [0.5, 0.6) is 0 Å². The molecule has 27 heavy (non-hydrogen) atoms. The highest BCUT2D eigenvalue weighted by Gasteiger charge is 2.61. The van der Waals surface area contributed by atoms with Crippen molar-refractivity contribution in [2.45, 2.75) is 83.5 Å². The summed E-state index contributed by atoms with van der Waals surface area (Å²) in [6.07, 6.45) is -13.1. The molecule has 0 aromatic heterocycles. The fourth-order valence-electron chi connectivity index (χ4n) is 3.07. The molecule has 0 aromatic rings. The van der Waals surface area contributed by atoms with E-state index in [1.54, 1.807) is 0 Å². The molecule has 10 heteroatoms. The van der Waals surface area contributed by atoms with Crippen LogP contribution in [0.25, 0.3) is 0 Å². The van der Waals surface area contributed by atoms with Crippen LogP contribution in [0.1, 0.15) is 53.9 Å². The molecule has 160 valence electrons. The molecule has 0 aromatic carbocycles. The van der Waals surface area contributed by atoms with Gasteiger partial charge >= 0.3 is 18.3 Å². The van der Waals surface area contributed by atoms with Crippen molar-refractivity contribution in [3.8, 4) is 0 Å². The fourth-order valence-corrected chi connectivity index (χ4v) is 3.07. The highest BCUT2D eigenvalue weighted by Crippen LogP contribution is 2.50. The Labute approximate surface area is 153 Å². The van der Waals surface area contributed by atoms with E-state index in [0.717, 1.165) is 0 Å². The second-order valence-electron chi connectivity index (χ2n) is 8.67. The fraction of sp³-hybridized carbons (Fsp3) is 0.941. The number of hydrogen-bond donors (Lipinski definition) is 2. The number of ether oxygens (including phenoxy) is 1. The smallest absolute Gasteiger partial charge is 0.417 e. The van der Waals surface area contributed by atoms with Crippen LogP contribution in [0.15, 0.2) is 0 Å². The van der Waals surface area contributed by atoms with E-state index in [4.69, 9.17) is 4.74 Å². The van der Waals surface area contributed by atoms with Crippen LogP contribution in [-0.4, -0.2) is 45.8 Å². The van der Waals surface area contributed by atoms with Crippen LogP contribution < -0.4 is 0 Å². The van der Waals surface area contributed by atoms with Crippen LogP contribution in [-0.2, 0) is 9.53 Å². The Morgan fingerprint density at radius 3 is 1.37 bits per heavy atom. The molecule has 0 bridgehead atoms. The molecule has 0 heterocycles. The van der Waals surface area contributed by atoms with Crippen molar-refractivity contribution >= 4 is 5.97 Å². The Morgan fingerprint density at radius 2 is 1.11 bits per heavy atom. The number of carbonyl (C=O) groups excluding carboxylic acids is 1. The molecule has 1 rings (SSSR count). The van der Waals surface area contributed by atoms with Gasteiger partial charge in [0.15, 0.2) is 11.2 Å². The van der Waals surface area contributed by atoms with Crippen molar-refractivity contribution in [1.82, 2.24) is 0 Å². The maximum atomic E-state index is 13.2. The second kappa shape index (κ2) is 7.09. The average molecular weight is 408 g/mol. The van der Waals surface area contributed by atoms with Gasteiger partial charge in [-0.2, -0.15) is 26.3 Å². The first kappa shape index (κ1) is 24.0. The Hall–Kier alpha value is -1.03. The van der Waals surface area contributed by atoms with E-state index in [1.807, 2.05) is 0 Å². The molecule has 0 spiro atoms. The summed E-state index contributed by atoms with van der Waals surface area (Å²) in [7, 11) is 0. The van der Waals surface area contributed by atoms with Gasteiger partial charge < -0.3 is 14.9 Å². The van der Waals surface area contributed by atoms with Gasteiger partial charge in [-0.3, -0.25) is 4.79 Å². The van der Waals surface area contributed by atoms with Crippen LogP contribution in [0.3, 0.4) is 0 Å². The predicted octanol–water partition coefficient (Wildman–Crippen LogP) is 3.99. The SMILES string of the molecule is CC(C)(C)C(=O)OC1CC(C(C)(O)C(F)(F)F)CC(C(C)(O)C(F)(F)F)C1. The van der Waals surface area contributed by atoms with E-state index in [1.165, 1.54) is 20.8 Å². The van der Waals surface area contributed by atoms with Gasteiger partial charge in [0.25, 0.3) is 0 Å². The molecule has 0 saturated heterocycles. The molecular weight excluding hydrogens is 382 g/mol. The number of carbonyl (C=O) groups is 1. The normalized spacial score (nSPS) is 29.6. The maximum absolute atomic E-state index is 13.2. The van der Waals surface area contributed by atoms with Crippen molar-refractivity contribution < 1.29 is 46.1 Å². The molecule has 0 aliphatic heterocycles. The van der Waals surface area contributed by atoms with Crippen molar-refractivity contribution in [3.63, 3.8) is 0 Å². The first-order valence-corrected chi connectivity index (χ1v) is 8.50. The molecule has 0 amide bonds. The van der Waals surface area contributed by atoms with Gasteiger partial charge in [-0.1, -0.05) is 0 Å². The largest absolute Gasteiger partial charge is 0.462 e. The Balaban J connectivity index is 3.23. The van der Waals surface area contributed by atoms with Gasteiger partial charge in [0, 0.05) is 11.8 Å². The average Bonchev–Trinajstić information content (AvgIpc) is 2.43. The summed E-state index contributed by atoms with van der Waals surface area (Å²) >= 11 is 0. The number of rotatable bonds is 3. The summed E-state index contributed by atoms with van der Waals surface area (Å²) in [6.45, 7) is 5.43. The molecule has 4 nitrogen and oxygen atoms in total. The first-order chi connectivity index (χ1) is 11.7. The second-order valence-corrected chi connectivity index (χ2v) is 8.67. The summed E-state index contributed by atoms with van der Waals surface area (Å²) < 4.78 is 84.4. The number of esters is 1. The number of halogens is 6. The molecule has 1 aliphatic rings. The molecule has 4 unspecified atom stereocenters. The summed E-state index contributed by atoms with van der Waals surface area (Å²) in [4.78, 5) is 12.0. The molecule has 1 saturated carbocycles. The minimum atomic E-state index is -5.10. The monoisotopic (exact) mass is 408 g/mol. The van der Waals surface area contributed by atoms with E-state index in [9.17, 15) is 41.4 Å².